The van der Waals surface area contributed by atoms with E-state index in [4.69, 9.17) is 0 Å². The monoisotopic (exact) mass is 416 g/mol. The van der Waals surface area contributed by atoms with Gasteiger partial charge in [-0.1, -0.05) is 18.2 Å². The molecule has 5 aromatic rings. The summed E-state index contributed by atoms with van der Waals surface area (Å²) in [6.45, 7) is 2.32. The molecule has 8 heteroatoms. The third-order valence-electron chi connectivity index (χ3n) is 5.33. The van der Waals surface area contributed by atoms with Gasteiger partial charge < -0.3 is 15.4 Å². The molecule has 31 heavy (non-hydrogen) atoms. The first-order valence-corrected chi connectivity index (χ1v) is 10.1. The number of hydrogen-bond donors (Lipinski definition) is 3. The number of benzene rings is 1. The van der Waals surface area contributed by atoms with Gasteiger partial charge in [-0.15, -0.1) is 0 Å². The lowest BCUT2D eigenvalue weighted by Crippen LogP contribution is -2.10. The topological polar surface area (TPSA) is 91.1 Å². The van der Waals surface area contributed by atoms with Crippen molar-refractivity contribution in [3.63, 3.8) is 0 Å². The number of nitrogens with one attached hydrogen (secondary N) is 2. The van der Waals surface area contributed by atoms with Crippen LogP contribution < -0.4 is 5.32 Å². The molecule has 0 aliphatic rings. The number of anilines is 1. The van der Waals surface area contributed by atoms with Crippen molar-refractivity contribution in [1.82, 2.24) is 24.6 Å². The Morgan fingerprint density at radius 1 is 1.19 bits per heavy atom. The van der Waals surface area contributed by atoms with Gasteiger partial charge in [0.15, 0.2) is 5.65 Å². The molecule has 0 radical (unpaired) electrons. The van der Waals surface area contributed by atoms with Gasteiger partial charge in [-0.05, 0) is 31.0 Å². The fourth-order valence-electron chi connectivity index (χ4n) is 3.76. The molecule has 0 saturated carbocycles. The summed E-state index contributed by atoms with van der Waals surface area (Å²) < 4.78 is 15.4. The van der Waals surface area contributed by atoms with E-state index in [-0.39, 0.29) is 0 Å². The van der Waals surface area contributed by atoms with Crippen molar-refractivity contribution < 1.29 is 9.50 Å². The summed E-state index contributed by atoms with van der Waals surface area (Å²) >= 11 is 0. The van der Waals surface area contributed by atoms with Gasteiger partial charge >= 0.3 is 0 Å². The zero-order valence-corrected chi connectivity index (χ0v) is 16.9. The minimum atomic E-state index is -0.732. The second kappa shape index (κ2) is 7.81. The molecule has 0 aliphatic heterocycles. The largest absolute Gasteiger partial charge is 0.389 e. The van der Waals surface area contributed by atoms with Gasteiger partial charge in [0.25, 0.3) is 0 Å². The number of aliphatic hydroxyl groups excluding tert-OH is 1. The van der Waals surface area contributed by atoms with Crippen molar-refractivity contribution >= 4 is 22.4 Å². The lowest BCUT2D eigenvalue weighted by atomic mass is 10.1. The molecule has 0 bridgehead atoms. The van der Waals surface area contributed by atoms with Crippen LogP contribution in [-0.2, 0) is 6.42 Å². The van der Waals surface area contributed by atoms with Crippen LogP contribution in [-0.4, -0.2) is 36.2 Å². The maximum absolute atomic E-state index is 13.7. The number of pyridine rings is 1. The molecule has 0 saturated heterocycles. The summed E-state index contributed by atoms with van der Waals surface area (Å²) in [5.41, 5.74) is 4.56. The summed E-state index contributed by atoms with van der Waals surface area (Å²) in [5.74, 6) is 0.272. The molecule has 0 unspecified atom stereocenters. The maximum atomic E-state index is 13.7. The number of halogens is 1. The van der Waals surface area contributed by atoms with Crippen LogP contribution in [0.4, 0.5) is 10.2 Å². The predicted molar refractivity (Wildman–Crippen MR) is 117 cm³/mol. The van der Waals surface area contributed by atoms with Crippen LogP contribution in [0.2, 0.25) is 0 Å². The van der Waals surface area contributed by atoms with Crippen molar-refractivity contribution in [2.45, 2.75) is 19.4 Å². The highest BCUT2D eigenvalue weighted by atomic mass is 19.1. The van der Waals surface area contributed by atoms with E-state index in [0.29, 0.717) is 34.8 Å². The fourth-order valence-corrected chi connectivity index (χ4v) is 3.76. The van der Waals surface area contributed by atoms with Crippen LogP contribution in [0, 0.1) is 5.82 Å². The molecule has 1 aromatic carbocycles. The molecule has 4 heterocycles. The average Bonchev–Trinajstić information content (AvgIpc) is 3.38. The van der Waals surface area contributed by atoms with Gasteiger partial charge in [0.05, 0.1) is 24.2 Å². The molecule has 1 atom stereocenters. The smallest absolute Gasteiger partial charge is 0.163 e. The number of hydrogen-bond acceptors (Lipinski definition) is 5. The number of aliphatic hydroxyl groups is 1. The van der Waals surface area contributed by atoms with E-state index in [9.17, 15) is 9.50 Å². The summed E-state index contributed by atoms with van der Waals surface area (Å²) in [6.07, 6.45) is 6.42. The highest BCUT2D eigenvalue weighted by molar-refractivity contribution is 5.83. The van der Waals surface area contributed by atoms with E-state index in [2.05, 4.69) is 37.5 Å². The van der Waals surface area contributed by atoms with Crippen LogP contribution in [0.5, 0.6) is 0 Å². The van der Waals surface area contributed by atoms with Gasteiger partial charge in [-0.3, -0.25) is 4.98 Å². The Bertz CT molecular complexity index is 1370. The van der Waals surface area contributed by atoms with Crippen molar-refractivity contribution in [3.05, 3.63) is 78.1 Å². The van der Waals surface area contributed by atoms with Gasteiger partial charge in [0.1, 0.15) is 11.6 Å². The molecular formula is C23H21FN6O. The van der Waals surface area contributed by atoms with Gasteiger partial charge in [0, 0.05) is 47.0 Å². The second-order valence-electron chi connectivity index (χ2n) is 7.47. The zero-order chi connectivity index (χ0) is 21.4. The Morgan fingerprint density at radius 3 is 2.90 bits per heavy atom. The summed E-state index contributed by atoms with van der Waals surface area (Å²) in [6, 6.07) is 11.4. The summed E-state index contributed by atoms with van der Waals surface area (Å²) in [5, 5.41) is 19.1. The molecule has 0 fully saturated rings. The van der Waals surface area contributed by atoms with E-state index in [1.54, 1.807) is 23.8 Å². The average molecular weight is 416 g/mol. The Balaban J connectivity index is 1.49. The lowest BCUT2D eigenvalue weighted by molar-refractivity contribution is 0.200. The number of H-pyrrole nitrogens is 1. The van der Waals surface area contributed by atoms with E-state index in [0.717, 1.165) is 18.1 Å². The quantitative estimate of drug-likeness (QED) is 0.387. The molecule has 3 N–H and O–H groups in total. The van der Waals surface area contributed by atoms with Crippen molar-refractivity contribution in [3.8, 4) is 11.3 Å². The van der Waals surface area contributed by atoms with Crippen LogP contribution in [0.15, 0.2) is 61.2 Å². The number of para-hydroxylation sites is 1. The Hall–Kier alpha value is -3.78. The van der Waals surface area contributed by atoms with Crippen molar-refractivity contribution in [1.29, 1.82) is 0 Å². The third kappa shape index (κ3) is 3.62. The highest BCUT2D eigenvalue weighted by Gasteiger charge is 2.16. The SMILES string of the molecule is C[C@@H](O)c1cnn2c(NCCc3c[nH]c4ccccc34)cc(-c3cncc(F)c3)nc12. The fraction of sp³-hybridized carbons (Fsp3) is 0.174. The van der Waals surface area contributed by atoms with E-state index in [1.807, 2.05) is 24.4 Å². The Labute approximate surface area is 177 Å². The first-order valence-electron chi connectivity index (χ1n) is 10.1. The number of nitrogens with zero attached hydrogens (tertiary/aromatic N) is 4. The standard InChI is InChI=1S/C23H21FN6O/c1-14(31)19-13-28-30-22(9-21(29-23(19)30)16-8-17(24)12-25-10-16)26-7-6-15-11-27-20-5-3-2-4-18(15)20/h2-5,8-14,26-27,31H,6-7H2,1H3/t14-/m1/s1. The normalized spacial score (nSPS) is 12.5. The minimum absolute atomic E-state index is 0.433. The minimum Gasteiger partial charge on any atom is -0.389 e. The van der Waals surface area contributed by atoms with E-state index < -0.39 is 11.9 Å². The molecule has 156 valence electrons. The molecule has 4 aromatic heterocycles. The van der Waals surface area contributed by atoms with Crippen LogP contribution in [0.1, 0.15) is 24.2 Å². The summed E-state index contributed by atoms with van der Waals surface area (Å²) in [4.78, 5) is 11.8. The maximum Gasteiger partial charge on any atom is 0.163 e. The summed E-state index contributed by atoms with van der Waals surface area (Å²) in [7, 11) is 0. The number of aromatic nitrogens is 5. The van der Waals surface area contributed by atoms with Gasteiger partial charge in [0.2, 0.25) is 0 Å². The van der Waals surface area contributed by atoms with E-state index in [1.165, 1.54) is 17.0 Å². The number of fused-ring (bicyclic) bond motifs is 2. The zero-order valence-electron chi connectivity index (χ0n) is 16.9. The number of aromatic amines is 1. The molecule has 5 rings (SSSR count). The molecule has 0 amide bonds. The highest BCUT2D eigenvalue weighted by Crippen LogP contribution is 2.26. The predicted octanol–water partition coefficient (Wildman–Crippen LogP) is 4.12. The van der Waals surface area contributed by atoms with Gasteiger partial charge in [-0.2, -0.15) is 9.61 Å². The lowest BCUT2D eigenvalue weighted by Gasteiger charge is -2.12. The van der Waals surface area contributed by atoms with Crippen LogP contribution in [0.25, 0.3) is 27.8 Å². The second-order valence-corrected chi connectivity index (χ2v) is 7.47. The molecule has 7 nitrogen and oxygen atoms in total. The van der Waals surface area contributed by atoms with Gasteiger partial charge in [-0.25, -0.2) is 9.37 Å². The Morgan fingerprint density at radius 2 is 2.06 bits per heavy atom. The third-order valence-corrected chi connectivity index (χ3v) is 5.33. The number of rotatable bonds is 6. The van der Waals surface area contributed by atoms with Crippen LogP contribution in [0.3, 0.4) is 0 Å². The molecular weight excluding hydrogens is 395 g/mol. The van der Waals surface area contributed by atoms with Crippen molar-refractivity contribution in [2.24, 2.45) is 0 Å². The molecule has 0 spiro atoms. The van der Waals surface area contributed by atoms with Crippen molar-refractivity contribution in [2.75, 3.05) is 11.9 Å². The Kier molecular flexibility index (Phi) is 4.83. The van der Waals surface area contributed by atoms with E-state index >= 15 is 0 Å². The van der Waals surface area contributed by atoms with Crippen LogP contribution >= 0.6 is 0 Å². The first-order chi connectivity index (χ1) is 15.1. The first kappa shape index (κ1) is 19.2. The molecule has 0 aliphatic carbocycles.